The second-order valence-corrected chi connectivity index (χ2v) is 7.21. The lowest BCUT2D eigenvalue weighted by atomic mass is 10.1. The van der Waals surface area contributed by atoms with Crippen LogP contribution in [0.3, 0.4) is 0 Å². The SMILES string of the molecule is COc1cc(C#N)ccc1OC(=O)[C@@H](CCSC)N1C(=O)c2ccccc2C1=O. The Balaban J connectivity index is 1.90. The summed E-state index contributed by atoms with van der Waals surface area (Å²) in [5.41, 5.74) is 0.895. The molecule has 29 heavy (non-hydrogen) atoms. The van der Waals surface area contributed by atoms with Crippen LogP contribution in [0, 0.1) is 11.3 Å². The number of methoxy groups -OCH3 is 1. The number of carbonyl (C=O) groups excluding carboxylic acids is 3. The highest BCUT2D eigenvalue weighted by atomic mass is 32.2. The lowest BCUT2D eigenvalue weighted by Crippen LogP contribution is -2.47. The molecule has 2 amide bonds. The molecular formula is C21H18N2O5S. The fourth-order valence-corrected chi connectivity index (χ4v) is 3.53. The molecular weight excluding hydrogens is 392 g/mol. The van der Waals surface area contributed by atoms with Crippen LogP contribution in [0.25, 0.3) is 0 Å². The molecule has 3 rings (SSSR count). The zero-order valence-corrected chi connectivity index (χ0v) is 16.7. The standard InChI is InChI=1S/C21H18N2O5S/c1-27-18-11-13(12-22)7-8-17(18)28-21(26)16(9-10-29-2)23-19(24)14-5-3-4-6-15(14)20(23)25/h3-8,11,16H,9-10H2,1-2H3/t16-/m1/s1. The number of esters is 1. The summed E-state index contributed by atoms with van der Waals surface area (Å²) in [4.78, 5) is 39.6. The highest BCUT2D eigenvalue weighted by Gasteiger charge is 2.43. The van der Waals surface area contributed by atoms with E-state index in [-0.39, 0.29) is 29.0 Å². The van der Waals surface area contributed by atoms with E-state index in [1.807, 2.05) is 12.3 Å². The topological polar surface area (TPSA) is 96.7 Å². The fraction of sp³-hybridized carbons (Fsp3) is 0.238. The van der Waals surface area contributed by atoms with Gasteiger partial charge in [0.25, 0.3) is 11.8 Å². The number of hydrogen-bond donors (Lipinski definition) is 0. The minimum Gasteiger partial charge on any atom is -0.493 e. The quantitative estimate of drug-likeness (QED) is 0.393. The van der Waals surface area contributed by atoms with E-state index >= 15 is 0 Å². The van der Waals surface area contributed by atoms with Crippen molar-refractivity contribution in [3.05, 3.63) is 59.2 Å². The maximum Gasteiger partial charge on any atom is 0.334 e. The summed E-state index contributed by atoms with van der Waals surface area (Å²) in [6, 6.07) is 11.8. The van der Waals surface area contributed by atoms with Crippen molar-refractivity contribution in [3.63, 3.8) is 0 Å². The van der Waals surface area contributed by atoms with Crippen molar-refractivity contribution in [3.8, 4) is 17.6 Å². The van der Waals surface area contributed by atoms with Gasteiger partial charge < -0.3 is 9.47 Å². The largest absolute Gasteiger partial charge is 0.493 e. The number of thioether (sulfide) groups is 1. The van der Waals surface area contributed by atoms with Crippen LogP contribution in [0.4, 0.5) is 0 Å². The van der Waals surface area contributed by atoms with E-state index < -0.39 is 23.8 Å². The Bertz CT molecular complexity index is 979. The number of nitriles is 1. The molecule has 0 saturated heterocycles. The van der Waals surface area contributed by atoms with E-state index in [1.165, 1.54) is 37.1 Å². The lowest BCUT2D eigenvalue weighted by molar-refractivity contribution is -0.139. The zero-order valence-electron chi connectivity index (χ0n) is 15.9. The molecule has 0 spiro atoms. The number of fused-ring (bicyclic) bond motifs is 1. The zero-order chi connectivity index (χ0) is 21.0. The third kappa shape index (κ3) is 3.96. The van der Waals surface area contributed by atoms with Gasteiger partial charge in [-0.3, -0.25) is 14.5 Å². The van der Waals surface area contributed by atoms with E-state index in [0.29, 0.717) is 11.3 Å². The van der Waals surface area contributed by atoms with Crippen LogP contribution in [0.5, 0.6) is 11.5 Å². The Morgan fingerprint density at radius 3 is 2.34 bits per heavy atom. The summed E-state index contributed by atoms with van der Waals surface area (Å²) in [5.74, 6) is -0.888. The van der Waals surface area contributed by atoms with E-state index in [4.69, 9.17) is 14.7 Å². The van der Waals surface area contributed by atoms with Gasteiger partial charge in [0.15, 0.2) is 11.5 Å². The Labute approximate surface area is 172 Å². The van der Waals surface area contributed by atoms with Gasteiger partial charge in [-0.25, -0.2) is 4.79 Å². The molecule has 0 fully saturated rings. The predicted molar refractivity (Wildman–Crippen MR) is 107 cm³/mol. The second-order valence-electron chi connectivity index (χ2n) is 6.22. The van der Waals surface area contributed by atoms with Crippen LogP contribution in [0.15, 0.2) is 42.5 Å². The maximum atomic E-state index is 13.0. The smallest absolute Gasteiger partial charge is 0.334 e. The minimum atomic E-state index is -1.07. The van der Waals surface area contributed by atoms with Crippen molar-refractivity contribution >= 4 is 29.5 Å². The molecule has 2 aromatic carbocycles. The monoisotopic (exact) mass is 410 g/mol. The maximum absolute atomic E-state index is 13.0. The molecule has 1 aliphatic rings. The molecule has 2 aromatic rings. The van der Waals surface area contributed by atoms with Gasteiger partial charge in [0.05, 0.1) is 29.9 Å². The molecule has 1 atom stereocenters. The third-order valence-electron chi connectivity index (χ3n) is 4.51. The molecule has 1 aliphatic heterocycles. The van der Waals surface area contributed by atoms with Crippen LogP contribution in [0.2, 0.25) is 0 Å². The number of rotatable bonds is 7. The summed E-state index contributed by atoms with van der Waals surface area (Å²) >= 11 is 1.49. The highest BCUT2D eigenvalue weighted by molar-refractivity contribution is 7.98. The molecule has 7 nitrogen and oxygen atoms in total. The Morgan fingerprint density at radius 2 is 1.79 bits per heavy atom. The van der Waals surface area contributed by atoms with Gasteiger partial charge in [-0.15, -0.1) is 0 Å². The fourth-order valence-electron chi connectivity index (χ4n) is 3.07. The van der Waals surface area contributed by atoms with Crippen molar-refractivity contribution in [2.24, 2.45) is 0 Å². The van der Waals surface area contributed by atoms with Crippen molar-refractivity contribution in [2.75, 3.05) is 19.1 Å². The highest BCUT2D eigenvalue weighted by Crippen LogP contribution is 2.31. The molecule has 0 aliphatic carbocycles. The molecule has 0 saturated carbocycles. The van der Waals surface area contributed by atoms with Crippen molar-refractivity contribution in [2.45, 2.75) is 12.5 Å². The number of imide groups is 1. The number of ether oxygens (including phenoxy) is 2. The van der Waals surface area contributed by atoms with E-state index in [2.05, 4.69) is 0 Å². The first-order chi connectivity index (χ1) is 14.0. The van der Waals surface area contributed by atoms with Gasteiger partial charge in [0.2, 0.25) is 0 Å². The first kappa shape index (κ1) is 20.4. The van der Waals surface area contributed by atoms with Gasteiger partial charge >= 0.3 is 5.97 Å². The van der Waals surface area contributed by atoms with E-state index in [1.54, 1.807) is 24.3 Å². The first-order valence-corrected chi connectivity index (χ1v) is 10.2. The predicted octanol–water partition coefficient (Wildman–Crippen LogP) is 2.89. The summed E-state index contributed by atoms with van der Waals surface area (Å²) in [5, 5.41) is 9.01. The number of hydrogen-bond acceptors (Lipinski definition) is 7. The Kier molecular flexibility index (Phi) is 6.20. The van der Waals surface area contributed by atoms with Gasteiger partial charge in [-0.05, 0) is 42.7 Å². The molecule has 0 radical (unpaired) electrons. The van der Waals surface area contributed by atoms with Crippen LogP contribution in [-0.2, 0) is 4.79 Å². The van der Waals surface area contributed by atoms with Crippen molar-refractivity contribution < 1.29 is 23.9 Å². The Hall–Kier alpha value is -3.31. The average molecular weight is 410 g/mol. The molecule has 0 N–H and O–H groups in total. The van der Waals surface area contributed by atoms with Crippen molar-refractivity contribution in [1.82, 2.24) is 4.90 Å². The lowest BCUT2D eigenvalue weighted by Gasteiger charge is -2.24. The molecule has 0 unspecified atom stereocenters. The van der Waals surface area contributed by atoms with Gasteiger partial charge in [-0.2, -0.15) is 17.0 Å². The second kappa shape index (κ2) is 8.80. The summed E-state index contributed by atoms with van der Waals surface area (Å²) < 4.78 is 10.7. The first-order valence-electron chi connectivity index (χ1n) is 8.77. The molecule has 1 heterocycles. The summed E-state index contributed by atoms with van der Waals surface area (Å²) in [6.45, 7) is 0. The average Bonchev–Trinajstić information content (AvgIpc) is 2.99. The normalized spacial score (nSPS) is 13.6. The summed E-state index contributed by atoms with van der Waals surface area (Å²) in [7, 11) is 1.39. The van der Waals surface area contributed by atoms with Gasteiger partial charge in [0, 0.05) is 6.07 Å². The number of carbonyl (C=O) groups is 3. The molecule has 148 valence electrons. The number of benzene rings is 2. The van der Waals surface area contributed by atoms with Crippen LogP contribution in [0.1, 0.15) is 32.7 Å². The number of nitrogens with zero attached hydrogens (tertiary/aromatic N) is 2. The minimum absolute atomic E-state index is 0.113. The van der Waals surface area contributed by atoms with Crippen molar-refractivity contribution in [1.29, 1.82) is 5.26 Å². The van der Waals surface area contributed by atoms with Crippen LogP contribution < -0.4 is 9.47 Å². The van der Waals surface area contributed by atoms with Gasteiger partial charge in [-0.1, -0.05) is 12.1 Å². The number of amides is 2. The van der Waals surface area contributed by atoms with Gasteiger partial charge in [0.1, 0.15) is 6.04 Å². The molecule has 0 aromatic heterocycles. The van der Waals surface area contributed by atoms with Crippen LogP contribution >= 0.6 is 11.8 Å². The molecule has 0 bridgehead atoms. The summed E-state index contributed by atoms with van der Waals surface area (Å²) in [6.07, 6.45) is 2.12. The molecule has 8 heteroatoms. The van der Waals surface area contributed by atoms with E-state index in [9.17, 15) is 14.4 Å². The Morgan fingerprint density at radius 1 is 1.14 bits per heavy atom. The third-order valence-corrected chi connectivity index (χ3v) is 5.15. The van der Waals surface area contributed by atoms with Crippen LogP contribution in [-0.4, -0.2) is 47.8 Å². The van der Waals surface area contributed by atoms with E-state index in [0.717, 1.165) is 4.90 Å².